The van der Waals surface area contributed by atoms with E-state index in [-0.39, 0.29) is 41.2 Å². The van der Waals surface area contributed by atoms with Crippen molar-refractivity contribution in [3.63, 3.8) is 0 Å². The Hall–Kier alpha value is -5.74. The number of fused-ring (bicyclic) bond motifs is 3. The molecule has 0 amide bonds. The molecule has 17 heteroatoms. The molecule has 0 bridgehead atoms. The topological polar surface area (TPSA) is 147 Å². The highest BCUT2D eigenvalue weighted by Crippen LogP contribution is 2.39. The van der Waals surface area contributed by atoms with Crippen molar-refractivity contribution in [2.75, 3.05) is 32.7 Å². The van der Waals surface area contributed by atoms with Crippen molar-refractivity contribution in [1.82, 2.24) is 30.7 Å². The van der Waals surface area contributed by atoms with Crippen LogP contribution in [-0.2, 0) is 58.3 Å². The predicted molar refractivity (Wildman–Crippen MR) is 318 cm³/mol. The molecule has 6 aromatic rings. The number of thiocarbonyl (C=S) groups is 3. The largest absolute Gasteiger partial charge is 0.505 e. The second-order valence-electron chi connectivity index (χ2n) is 18.7. The second-order valence-corrected chi connectivity index (χ2v) is 21.1. The van der Waals surface area contributed by atoms with Crippen molar-refractivity contribution in [3.8, 4) is 28.7 Å². The second kappa shape index (κ2) is 28.4. The van der Waals surface area contributed by atoms with E-state index in [0.717, 1.165) is 133 Å². The van der Waals surface area contributed by atoms with Gasteiger partial charge in [0, 0.05) is 63.9 Å². The summed E-state index contributed by atoms with van der Waals surface area (Å²) in [6.45, 7) is 8.80. The lowest BCUT2D eigenvalue weighted by atomic mass is 10.0. The number of hydrogen-bond acceptors (Lipinski definition) is 8. The summed E-state index contributed by atoms with van der Waals surface area (Å²) in [6, 6.07) is 35.0. The molecule has 0 atom stereocenters. The number of aromatic hydroxyl groups is 5. The predicted octanol–water partition coefficient (Wildman–Crippen LogP) is 12.0. The number of nitrogens with zero attached hydrogens (tertiary/aromatic N) is 3. The van der Waals surface area contributed by atoms with Crippen molar-refractivity contribution in [2.45, 2.75) is 91.9 Å². The van der Waals surface area contributed by atoms with Gasteiger partial charge >= 0.3 is 0 Å². The zero-order chi connectivity index (χ0) is 52.7. The molecular formula is C58H67Cl3N6O5S3. The van der Waals surface area contributed by atoms with E-state index in [4.69, 9.17) is 71.5 Å². The smallest absolute Gasteiger partial charge is 0.169 e. The van der Waals surface area contributed by atoms with Crippen LogP contribution >= 0.6 is 71.5 Å². The monoisotopic (exact) mass is 1130 g/mol. The average molecular weight is 1130 g/mol. The summed E-state index contributed by atoms with van der Waals surface area (Å²) in [5.74, 6) is -0.287. The summed E-state index contributed by atoms with van der Waals surface area (Å²) in [7, 11) is 0. The third-order valence-corrected chi connectivity index (χ3v) is 15.4. The van der Waals surface area contributed by atoms with E-state index in [1.54, 1.807) is 30.3 Å². The first-order valence-electron chi connectivity index (χ1n) is 24.8. The molecule has 0 aliphatic carbocycles. The Bertz CT molecular complexity index is 2900. The van der Waals surface area contributed by atoms with E-state index < -0.39 is 0 Å². The normalized spacial score (nSPS) is 13.7. The maximum atomic E-state index is 9.95. The molecule has 0 saturated heterocycles. The first kappa shape index (κ1) is 58.5. The molecule has 0 unspecified atom stereocenters. The van der Waals surface area contributed by atoms with Gasteiger partial charge in [-0.05, 0) is 187 Å². The lowest BCUT2D eigenvalue weighted by molar-refractivity contribution is 0.397. The fraction of sp³-hybridized carbons (Fsp3) is 0.328. The molecule has 75 heavy (non-hydrogen) atoms. The highest BCUT2D eigenvalue weighted by molar-refractivity contribution is 7.80. The van der Waals surface area contributed by atoms with Gasteiger partial charge in [-0.3, -0.25) is 0 Å². The molecule has 0 fully saturated rings. The molecule has 11 nitrogen and oxygen atoms in total. The van der Waals surface area contributed by atoms with E-state index >= 15 is 0 Å². The van der Waals surface area contributed by atoms with Crippen LogP contribution < -0.4 is 16.0 Å². The quantitative estimate of drug-likeness (QED) is 0.0540. The van der Waals surface area contributed by atoms with Crippen LogP contribution in [0.25, 0.3) is 0 Å². The molecule has 3 heterocycles. The Morgan fingerprint density at radius 2 is 0.933 bits per heavy atom. The minimum Gasteiger partial charge on any atom is -0.505 e. The third kappa shape index (κ3) is 16.9. The lowest BCUT2D eigenvalue weighted by Crippen LogP contribution is -2.40. The molecule has 8 N–H and O–H groups in total. The Labute approximate surface area is 473 Å². The van der Waals surface area contributed by atoms with E-state index in [9.17, 15) is 25.5 Å². The summed E-state index contributed by atoms with van der Waals surface area (Å²) in [6.07, 6.45) is 7.19. The first-order valence-corrected chi connectivity index (χ1v) is 27.2. The van der Waals surface area contributed by atoms with Gasteiger partial charge in [-0.1, -0.05) is 115 Å². The van der Waals surface area contributed by atoms with Crippen molar-refractivity contribution in [1.29, 1.82) is 0 Å². The van der Waals surface area contributed by atoms with Crippen LogP contribution in [0.15, 0.2) is 109 Å². The van der Waals surface area contributed by atoms with Crippen LogP contribution in [0, 0.1) is 6.92 Å². The molecule has 0 radical (unpaired) electrons. The number of rotatable bonds is 8. The number of benzene rings is 6. The van der Waals surface area contributed by atoms with Crippen LogP contribution in [0.2, 0.25) is 15.1 Å². The summed E-state index contributed by atoms with van der Waals surface area (Å²) in [5, 5.41) is 62.3. The fourth-order valence-electron chi connectivity index (χ4n) is 9.08. The van der Waals surface area contributed by atoms with Gasteiger partial charge < -0.3 is 56.2 Å². The van der Waals surface area contributed by atoms with Crippen molar-refractivity contribution in [3.05, 3.63) is 180 Å². The van der Waals surface area contributed by atoms with Gasteiger partial charge in [0.2, 0.25) is 0 Å². The van der Waals surface area contributed by atoms with Crippen LogP contribution in [0.3, 0.4) is 0 Å². The van der Waals surface area contributed by atoms with Gasteiger partial charge in [-0.2, -0.15) is 0 Å². The Morgan fingerprint density at radius 1 is 0.507 bits per heavy atom. The van der Waals surface area contributed by atoms with Gasteiger partial charge in [0.15, 0.2) is 44.1 Å². The van der Waals surface area contributed by atoms with Gasteiger partial charge in [-0.15, -0.1) is 0 Å². The van der Waals surface area contributed by atoms with Crippen molar-refractivity contribution >= 4 is 86.8 Å². The van der Waals surface area contributed by atoms with Gasteiger partial charge in [-0.25, -0.2) is 0 Å². The number of hydrogen-bond donors (Lipinski definition) is 8. The van der Waals surface area contributed by atoms with E-state index in [2.05, 4.69) is 74.0 Å². The van der Waals surface area contributed by atoms with Gasteiger partial charge in [0.05, 0.1) is 10.0 Å². The first-order chi connectivity index (χ1) is 35.6. The van der Waals surface area contributed by atoms with E-state index in [1.807, 2.05) is 42.5 Å². The standard InChI is InChI=1S/C19H19Cl3N2OS.2C19H22N2O2S.CH4/c20-14-5-3-12(4-6-14)7-8-23-19(26)24-9-1-2-15-13(11-24)10-16(21)18(25)17(15)22;1-13-4-6-14(7-5-13)11-20-19(24)21-8-2-3-15-9-17(22)18(23)10-16(15)12-21;22-17-11-15-7-4-10-21(13-16(15)12-18(17)23)19(24)20-9-8-14-5-2-1-3-6-14;/h3-6,10,25H,1-2,7-9,11H2,(H,23,26);4-7,9-10,22-23H,2-3,8,11-12H2,1H3,(H,20,24);1-3,5-6,11-12,22-23H,4,7-10,13H2,(H,20,24);1H4. The fourth-order valence-corrected chi connectivity index (χ4v) is 10.5. The zero-order valence-electron chi connectivity index (χ0n) is 41.3. The van der Waals surface area contributed by atoms with Crippen molar-refractivity contribution < 1.29 is 25.5 Å². The maximum Gasteiger partial charge on any atom is 0.169 e. The summed E-state index contributed by atoms with van der Waals surface area (Å²) < 4.78 is 0. The molecule has 3 aliphatic rings. The molecule has 0 aromatic heterocycles. The molecule has 0 saturated carbocycles. The van der Waals surface area contributed by atoms with E-state index in [1.165, 1.54) is 22.3 Å². The number of phenolic OH excluding ortho intramolecular Hbond substituents is 5. The average Bonchev–Trinajstić information content (AvgIpc) is 3.84. The Morgan fingerprint density at radius 3 is 1.44 bits per heavy atom. The van der Waals surface area contributed by atoms with Crippen LogP contribution in [-0.4, -0.2) is 88.3 Å². The number of phenols is 5. The third-order valence-electron chi connectivity index (χ3n) is 13.2. The maximum absolute atomic E-state index is 9.95. The molecule has 6 aromatic carbocycles. The number of halogens is 3. The highest BCUT2D eigenvalue weighted by Gasteiger charge is 2.23. The van der Waals surface area contributed by atoms with E-state index in [0.29, 0.717) is 36.3 Å². The van der Waals surface area contributed by atoms with Gasteiger partial charge in [0.1, 0.15) is 0 Å². The van der Waals surface area contributed by atoms with Crippen LogP contribution in [0.5, 0.6) is 28.7 Å². The number of aryl methyl sites for hydroxylation is 3. The molecular weight excluding hydrogens is 1060 g/mol. The highest BCUT2D eigenvalue weighted by atomic mass is 35.5. The number of nitrogens with one attached hydrogen (secondary N) is 3. The lowest BCUT2D eigenvalue weighted by Gasteiger charge is -2.24. The van der Waals surface area contributed by atoms with Crippen molar-refractivity contribution in [2.24, 2.45) is 0 Å². The zero-order valence-corrected chi connectivity index (χ0v) is 46.1. The van der Waals surface area contributed by atoms with Gasteiger partial charge in [0.25, 0.3) is 0 Å². The van der Waals surface area contributed by atoms with Crippen LogP contribution in [0.1, 0.15) is 82.3 Å². The molecule has 0 spiro atoms. The summed E-state index contributed by atoms with van der Waals surface area (Å²) in [4.78, 5) is 6.36. The minimum atomic E-state index is -0.0749. The summed E-state index contributed by atoms with van der Waals surface area (Å²) >= 11 is 34.9. The van der Waals surface area contributed by atoms with Crippen LogP contribution in [0.4, 0.5) is 0 Å². The Kier molecular flexibility index (Phi) is 22.2. The minimum absolute atomic E-state index is 0. The Balaban J connectivity index is 0.000000182. The molecule has 9 rings (SSSR count). The summed E-state index contributed by atoms with van der Waals surface area (Å²) in [5.41, 5.74) is 11.1. The molecule has 398 valence electrons. The molecule has 3 aliphatic heterocycles. The SMILES string of the molecule is C.Cc1ccc(CNC(=S)N2CCCc3cc(O)c(O)cc3C2)cc1.Oc1c(Cl)cc2c(c1Cl)CCCN(C(=S)NCCc1ccc(Cl)cc1)C2.Oc1cc2c(cc1O)CN(C(=S)NCCc1ccccc1)CCC2.